The van der Waals surface area contributed by atoms with Gasteiger partial charge in [0.05, 0.1) is 5.02 Å². The van der Waals surface area contributed by atoms with Gasteiger partial charge in [0.15, 0.2) is 5.78 Å². The molecule has 1 aromatic carbocycles. The van der Waals surface area contributed by atoms with E-state index in [2.05, 4.69) is 20.8 Å². The van der Waals surface area contributed by atoms with Crippen molar-refractivity contribution in [3.63, 3.8) is 0 Å². The molecule has 0 bridgehead atoms. The van der Waals surface area contributed by atoms with Crippen LogP contribution in [0, 0.1) is 5.41 Å². The summed E-state index contributed by atoms with van der Waals surface area (Å²) in [4.78, 5) is 11.8. The first kappa shape index (κ1) is 15.5. The summed E-state index contributed by atoms with van der Waals surface area (Å²) in [7, 11) is 0. The Kier molecular flexibility index (Phi) is 5.64. The quantitative estimate of drug-likeness (QED) is 0.583. The van der Waals surface area contributed by atoms with Crippen LogP contribution in [0.4, 0.5) is 0 Å². The fourth-order valence-electron chi connectivity index (χ4n) is 1.34. The largest absolute Gasteiger partial charge is 0.373 e. The lowest BCUT2D eigenvalue weighted by Crippen LogP contribution is -2.14. The molecular weight excluding hydrogens is 271 g/mol. The highest BCUT2D eigenvalue weighted by atomic mass is 35.5. The molecule has 0 saturated heterocycles. The number of halogens is 2. The Bertz CT molecular complexity index is 422. The van der Waals surface area contributed by atoms with Gasteiger partial charge in [-0.25, -0.2) is 0 Å². The molecule has 18 heavy (non-hydrogen) atoms. The summed E-state index contributed by atoms with van der Waals surface area (Å²) in [6.45, 7) is 7.02. The minimum atomic E-state index is -0.120. The number of ether oxygens (including phenoxy) is 1. The van der Waals surface area contributed by atoms with Crippen LogP contribution >= 0.6 is 23.2 Å². The van der Waals surface area contributed by atoms with Crippen LogP contribution in [0.2, 0.25) is 10.0 Å². The maximum atomic E-state index is 11.8. The number of hydrogen-bond donors (Lipinski definition) is 0. The Hall–Kier alpha value is -0.570. The van der Waals surface area contributed by atoms with Crippen LogP contribution in [0.15, 0.2) is 18.2 Å². The molecule has 0 aromatic heterocycles. The van der Waals surface area contributed by atoms with Gasteiger partial charge in [-0.1, -0.05) is 44.0 Å². The summed E-state index contributed by atoms with van der Waals surface area (Å²) in [5, 5.41) is 0.886. The highest BCUT2D eigenvalue weighted by Gasteiger charge is 2.13. The van der Waals surface area contributed by atoms with Gasteiger partial charge in [0.25, 0.3) is 0 Å². The van der Waals surface area contributed by atoms with Crippen molar-refractivity contribution in [2.24, 2.45) is 5.41 Å². The maximum Gasteiger partial charge on any atom is 0.189 e. The van der Waals surface area contributed by atoms with E-state index in [1.807, 2.05) is 0 Å². The van der Waals surface area contributed by atoms with Gasteiger partial charge in [0, 0.05) is 17.2 Å². The summed E-state index contributed by atoms with van der Waals surface area (Å²) >= 11 is 11.7. The van der Waals surface area contributed by atoms with Gasteiger partial charge >= 0.3 is 0 Å². The van der Waals surface area contributed by atoms with Crippen LogP contribution in [-0.4, -0.2) is 19.0 Å². The fourth-order valence-corrected chi connectivity index (χ4v) is 1.85. The topological polar surface area (TPSA) is 26.3 Å². The van der Waals surface area contributed by atoms with Gasteiger partial charge in [-0.05, 0) is 30.0 Å². The number of carbonyl (C=O) groups is 1. The molecule has 4 heteroatoms. The molecule has 2 nitrogen and oxygen atoms in total. The van der Waals surface area contributed by atoms with E-state index in [1.54, 1.807) is 18.2 Å². The van der Waals surface area contributed by atoms with Crippen LogP contribution in [-0.2, 0) is 4.74 Å². The number of hydrogen-bond acceptors (Lipinski definition) is 2. The molecule has 0 atom stereocenters. The second kappa shape index (κ2) is 6.55. The molecule has 0 aliphatic rings. The third-order valence-electron chi connectivity index (χ3n) is 2.46. The lowest BCUT2D eigenvalue weighted by Gasteiger charge is -2.17. The van der Waals surface area contributed by atoms with E-state index < -0.39 is 0 Å². The number of carbonyl (C=O) groups excluding carboxylic acids is 1. The zero-order chi connectivity index (χ0) is 13.8. The van der Waals surface area contributed by atoms with Gasteiger partial charge in [-0.2, -0.15) is 0 Å². The van der Waals surface area contributed by atoms with Crippen LogP contribution in [0.1, 0.15) is 37.6 Å². The van der Waals surface area contributed by atoms with E-state index in [-0.39, 0.29) is 17.8 Å². The summed E-state index contributed by atoms with van der Waals surface area (Å²) in [6, 6.07) is 4.83. The fraction of sp³-hybridized carbons (Fsp3) is 0.500. The number of rotatable bonds is 5. The predicted octanol–water partition coefficient (Wildman–Crippen LogP) is 4.63. The lowest BCUT2D eigenvalue weighted by atomic mass is 9.93. The third-order valence-corrected chi connectivity index (χ3v) is 3.01. The molecule has 0 aliphatic heterocycles. The number of Topliss-reactive ketones (excluding diaryl/α,β-unsaturated/α-hetero) is 1. The predicted molar refractivity (Wildman–Crippen MR) is 75.7 cm³/mol. The zero-order valence-corrected chi connectivity index (χ0v) is 12.4. The van der Waals surface area contributed by atoms with Crippen molar-refractivity contribution < 1.29 is 9.53 Å². The molecule has 0 saturated carbocycles. The molecule has 0 spiro atoms. The number of benzene rings is 1. The van der Waals surface area contributed by atoms with Crippen molar-refractivity contribution in [1.29, 1.82) is 0 Å². The molecule has 0 radical (unpaired) electrons. The first-order valence-corrected chi connectivity index (χ1v) is 6.61. The van der Waals surface area contributed by atoms with Gasteiger partial charge in [-0.3, -0.25) is 4.79 Å². The minimum Gasteiger partial charge on any atom is -0.373 e. The van der Waals surface area contributed by atoms with E-state index in [9.17, 15) is 4.79 Å². The van der Waals surface area contributed by atoms with Crippen LogP contribution in [0.3, 0.4) is 0 Å². The standard InChI is InChI=1S/C14H18Cl2O2/c1-14(2,3)6-7-18-9-13(17)11-5-4-10(15)8-12(11)16/h4-5,8H,6-7,9H2,1-3H3. The summed E-state index contributed by atoms with van der Waals surface area (Å²) in [6.07, 6.45) is 0.911. The van der Waals surface area contributed by atoms with Gasteiger partial charge < -0.3 is 4.74 Å². The smallest absolute Gasteiger partial charge is 0.189 e. The normalized spacial score (nSPS) is 11.6. The van der Waals surface area contributed by atoms with Crippen LogP contribution < -0.4 is 0 Å². The second-order valence-electron chi connectivity index (χ2n) is 5.41. The summed E-state index contributed by atoms with van der Waals surface area (Å²) < 4.78 is 5.37. The Morgan fingerprint density at radius 1 is 1.28 bits per heavy atom. The van der Waals surface area contributed by atoms with E-state index in [0.29, 0.717) is 22.2 Å². The Labute approximate surface area is 118 Å². The average molecular weight is 289 g/mol. The Morgan fingerprint density at radius 3 is 2.50 bits per heavy atom. The Balaban J connectivity index is 2.46. The summed E-state index contributed by atoms with van der Waals surface area (Å²) in [5.74, 6) is -0.120. The third kappa shape index (κ3) is 5.38. The molecule has 0 heterocycles. The van der Waals surface area contributed by atoms with Crippen molar-refractivity contribution in [3.8, 4) is 0 Å². The second-order valence-corrected chi connectivity index (χ2v) is 6.25. The van der Waals surface area contributed by atoms with E-state index >= 15 is 0 Å². The van der Waals surface area contributed by atoms with Crippen molar-refractivity contribution in [2.75, 3.05) is 13.2 Å². The van der Waals surface area contributed by atoms with Gasteiger partial charge in [0.1, 0.15) is 6.61 Å². The molecule has 1 aromatic rings. The van der Waals surface area contributed by atoms with E-state index in [1.165, 1.54) is 0 Å². The molecule has 0 unspecified atom stereocenters. The lowest BCUT2D eigenvalue weighted by molar-refractivity contribution is 0.0705. The first-order chi connectivity index (χ1) is 8.29. The molecule has 0 fully saturated rings. The molecule has 1 rings (SSSR count). The molecule has 0 N–H and O–H groups in total. The number of ketones is 1. The highest BCUT2D eigenvalue weighted by Crippen LogP contribution is 2.22. The molecule has 0 amide bonds. The van der Waals surface area contributed by atoms with E-state index in [4.69, 9.17) is 27.9 Å². The zero-order valence-electron chi connectivity index (χ0n) is 10.9. The molecule has 100 valence electrons. The summed E-state index contributed by atoms with van der Waals surface area (Å²) in [5.41, 5.74) is 0.665. The SMILES string of the molecule is CC(C)(C)CCOCC(=O)c1ccc(Cl)cc1Cl. The van der Waals surface area contributed by atoms with Crippen molar-refractivity contribution in [2.45, 2.75) is 27.2 Å². The highest BCUT2D eigenvalue weighted by molar-refractivity contribution is 6.36. The van der Waals surface area contributed by atoms with Crippen molar-refractivity contribution >= 4 is 29.0 Å². The molecule has 0 aliphatic carbocycles. The van der Waals surface area contributed by atoms with Gasteiger partial charge in [0.2, 0.25) is 0 Å². The minimum absolute atomic E-state index is 0.0530. The average Bonchev–Trinajstić information content (AvgIpc) is 2.22. The van der Waals surface area contributed by atoms with E-state index in [0.717, 1.165) is 6.42 Å². The van der Waals surface area contributed by atoms with Crippen molar-refractivity contribution in [1.82, 2.24) is 0 Å². The van der Waals surface area contributed by atoms with Crippen molar-refractivity contribution in [3.05, 3.63) is 33.8 Å². The van der Waals surface area contributed by atoms with Crippen LogP contribution in [0.5, 0.6) is 0 Å². The first-order valence-electron chi connectivity index (χ1n) is 5.85. The van der Waals surface area contributed by atoms with Gasteiger partial charge in [-0.15, -0.1) is 0 Å². The Morgan fingerprint density at radius 2 is 1.94 bits per heavy atom. The maximum absolute atomic E-state index is 11.8. The molecular formula is C14H18Cl2O2. The van der Waals surface area contributed by atoms with Crippen LogP contribution in [0.25, 0.3) is 0 Å². The monoisotopic (exact) mass is 288 g/mol.